The topological polar surface area (TPSA) is 80.7 Å². The third-order valence-corrected chi connectivity index (χ3v) is 3.08. The predicted molar refractivity (Wildman–Crippen MR) is 66.6 cm³/mol. The van der Waals surface area contributed by atoms with Crippen LogP contribution in [0.2, 0.25) is 0 Å². The number of amidine groups is 1. The monoisotopic (exact) mass is 249 g/mol. The Bertz CT molecular complexity index is 534. The molecule has 2 aromatic rings. The molecular formula is C11H11N3O2S. The molecule has 0 aliphatic heterocycles. The molecule has 0 amide bonds. The van der Waals surface area contributed by atoms with Crippen molar-refractivity contribution in [2.75, 3.05) is 7.11 Å². The highest BCUT2D eigenvalue weighted by atomic mass is 32.1. The maximum Gasteiger partial charge on any atom is 0.199 e. The number of benzene rings is 1. The summed E-state index contributed by atoms with van der Waals surface area (Å²) in [6.45, 7) is 0. The van der Waals surface area contributed by atoms with E-state index in [1.807, 2.05) is 29.6 Å². The van der Waals surface area contributed by atoms with E-state index in [2.05, 4.69) is 10.1 Å². The number of thiazole rings is 1. The Morgan fingerprint density at radius 2 is 2.12 bits per heavy atom. The average molecular weight is 249 g/mol. The minimum absolute atomic E-state index is 0.0229. The van der Waals surface area contributed by atoms with Gasteiger partial charge in [0, 0.05) is 10.9 Å². The number of rotatable bonds is 3. The van der Waals surface area contributed by atoms with Gasteiger partial charge in [-0.15, -0.1) is 11.3 Å². The van der Waals surface area contributed by atoms with E-state index < -0.39 is 0 Å². The lowest BCUT2D eigenvalue weighted by molar-refractivity contribution is 0.318. The summed E-state index contributed by atoms with van der Waals surface area (Å²) in [6.07, 6.45) is 0. The Balaban J connectivity index is 2.30. The van der Waals surface area contributed by atoms with Crippen molar-refractivity contribution in [3.8, 4) is 17.0 Å². The highest BCUT2D eigenvalue weighted by molar-refractivity contribution is 7.12. The zero-order valence-electron chi connectivity index (χ0n) is 9.12. The largest absolute Gasteiger partial charge is 0.497 e. The van der Waals surface area contributed by atoms with Crippen molar-refractivity contribution in [3.05, 3.63) is 34.7 Å². The number of nitrogens with two attached hydrogens (primary N) is 1. The first-order chi connectivity index (χ1) is 8.24. The maximum atomic E-state index is 8.55. The molecule has 1 heterocycles. The van der Waals surface area contributed by atoms with Gasteiger partial charge < -0.3 is 15.7 Å². The second-order valence-corrected chi connectivity index (χ2v) is 4.11. The number of methoxy groups -OCH3 is 1. The molecule has 0 aliphatic carbocycles. The van der Waals surface area contributed by atoms with Crippen LogP contribution in [-0.4, -0.2) is 23.1 Å². The van der Waals surface area contributed by atoms with Crippen LogP contribution in [0.25, 0.3) is 11.3 Å². The minimum Gasteiger partial charge on any atom is -0.497 e. The highest BCUT2D eigenvalue weighted by Gasteiger charge is 2.07. The summed E-state index contributed by atoms with van der Waals surface area (Å²) in [6, 6.07) is 7.53. The zero-order chi connectivity index (χ0) is 12.3. The summed E-state index contributed by atoms with van der Waals surface area (Å²) < 4.78 is 5.08. The molecule has 5 nitrogen and oxygen atoms in total. The molecule has 88 valence electrons. The predicted octanol–water partition coefficient (Wildman–Crippen LogP) is 1.91. The highest BCUT2D eigenvalue weighted by Crippen LogP contribution is 2.23. The number of ether oxygens (including phenoxy) is 1. The van der Waals surface area contributed by atoms with Gasteiger partial charge in [-0.1, -0.05) is 5.16 Å². The van der Waals surface area contributed by atoms with Gasteiger partial charge in [0.05, 0.1) is 12.8 Å². The molecule has 0 fully saturated rings. The van der Waals surface area contributed by atoms with Crippen LogP contribution in [0.5, 0.6) is 5.75 Å². The Morgan fingerprint density at radius 1 is 1.41 bits per heavy atom. The first-order valence-electron chi connectivity index (χ1n) is 4.82. The second kappa shape index (κ2) is 4.84. The van der Waals surface area contributed by atoms with Crippen LogP contribution < -0.4 is 10.5 Å². The molecule has 0 aliphatic rings. The van der Waals surface area contributed by atoms with Crippen LogP contribution in [0.4, 0.5) is 0 Å². The summed E-state index contributed by atoms with van der Waals surface area (Å²) in [5.74, 6) is 0.815. The van der Waals surface area contributed by atoms with Gasteiger partial charge in [0.1, 0.15) is 5.75 Å². The first-order valence-corrected chi connectivity index (χ1v) is 5.70. The fourth-order valence-corrected chi connectivity index (χ4v) is 2.05. The lowest BCUT2D eigenvalue weighted by atomic mass is 10.2. The maximum absolute atomic E-state index is 8.55. The van der Waals surface area contributed by atoms with Crippen molar-refractivity contribution in [1.29, 1.82) is 0 Å². The molecule has 1 aromatic heterocycles. The summed E-state index contributed by atoms with van der Waals surface area (Å²) >= 11 is 1.33. The van der Waals surface area contributed by atoms with Crippen molar-refractivity contribution < 1.29 is 9.94 Å². The van der Waals surface area contributed by atoms with E-state index in [1.165, 1.54) is 11.3 Å². The lowest BCUT2D eigenvalue weighted by Crippen LogP contribution is -2.12. The van der Waals surface area contributed by atoms with E-state index in [0.717, 1.165) is 17.0 Å². The Morgan fingerprint density at radius 3 is 2.71 bits per heavy atom. The molecule has 2 rings (SSSR count). The van der Waals surface area contributed by atoms with Crippen LogP contribution in [0.3, 0.4) is 0 Å². The van der Waals surface area contributed by atoms with E-state index in [1.54, 1.807) is 7.11 Å². The molecular weight excluding hydrogens is 238 g/mol. The number of hydrogen-bond acceptors (Lipinski definition) is 5. The third kappa shape index (κ3) is 2.36. The molecule has 3 N–H and O–H groups in total. The second-order valence-electron chi connectivity index (χ2n) is 3.25. The average Bonchev–Trinajstić information content (AvgIpc) is 2.87. The lowest BCUT2D eigenvalue weighted by Gasteiger charge is -2.00. The van der Waals surface area contributed by atoms with Gasteiger partial charge >= 0.3 is 0 Å². The summed E-state index contributed by atoms with van der Waals surface area (Å²) in [7, 11) is 1.62. The number of oxime groups is 1. The van der Waals surface area contributed by atoms with Crippen LogP contribution in [0.15, 0.2) is 34.8 Å². The van der Waals surface area contributed by atoms with Crippen molar-refractivity contribution in [2.45, 2.75) is 0 Å². The number of nitrogens with zero attached hydrogens (tertiary/aromatic N) is 2. The molecule has 0 bridgehead atoms. The van der Waals surface area contributed by atoms with Gasteiger partial charge in [0.15, 0.2) is 10.8 Å². The molecule has 17 heavy (non-hydrogen) atoms. The summed E-state index contributed by atoms with van der Waals surface area (Å²) in [5, 5.41) is 13.8. The van der Waals surface area contributed by atoms with Gasteiger partial charge in [0.2, 0.25) is 0 Å². The normalized spacial score (nSPS) is 11.5. The van der Waals surface area contributed by atoms with Gasteiger partial charge in [-0.3, -0.25) is 0 Å². The summed E-state index contributed by atoms with van der Waals surface area (Å²) in [5.41, 5.74) is 7.21. The van der Waals surface area contributed by atoms with Crippen molar-refractivity contribution >= 4 is 17.2 Å². The Labute approximate surface area is 102 Å². The van der Waals surface area contributed by atoms with Gasteiger partial charge in [0.25, 0.3) is 0 Å². The van der Waals surface area contributed by atoms with Crippen LogP contribution >= 0.6 is 11.3 Å². The molecule has 6 heteroatoms. The molecule has 0 unspecified atom stereocenters. The molecule has 0 saturated carbocycles. The third-order valence-electron chi connectivity index (χ3n) is 2.22. The molecule has 0 atom stereocenters. The van der Waals surface area contributed by atoms with E-state index in [9.17, 15) is 0 Å². The molecule has 0 radical (unpaired) electrons. The first kappa shape index (κ1) is 11.4. The van der Waals surface area contributed by atoms with Crippen molar-refractivity contribution in [2.24, 2.45) is 10.9 Å². The number of hydrogen-bond donors (Lipinski definition) is 2. The summed E-state index contributed by atoms with van der Waals surface area (Å²) in [4.78, 5) is 4.27. The van der Waals surface area contributed by atoms with Gasteiger partial charge in [-0.25, -0.2) is 4.98 Å². The Kier molecular flexibility index (Phi) is 3.24. The fourth-order valence-electron chi connectivity index (χ4n) is 1.33. The quantitative estimate of drug-likeness (QED) is 0.377. The van der Waals surface area contributed by atoms with Crippen molar-refractivity contribution in [3.63, 3.8) is 0 Å². The fraction of sp³-hybridized carbons (Fsp3) is 0.0909. The molecule has 0 saturated heterocycles. The minimum atomic E-state index is 0.0229. The van der Waals surface area contributed by atoms with Crippen LogP contribution in [0.1, 0.15) is 5.01 Å². The SMILES string of the molecule is COc1ccc(-c2csc(/C(N)=N/O)n2)cc1. The van der Waals surface area contributed by atoms with Gasteiger partial charge in [-0.05, 0) is 24.3 Å². The number of aromatic nitrogens is 1. The smallest absolute Gasteiger partial charge is 0.199 e. The van der Waals surface area contributed by atoms with Crippen molar-refractivity contribution in [1.82, 2.24) is 4.98 Å². The van der Waals surface area contributed by atoms with E-state index in [4.69, 9.17) is 15.7 Å². The zero-order valence-corrected chi connectivity index (χ0v) is 9.94. The van der Waals surface area contributed by atoms with Gasteiger partial charge in [-0.2, -0.15) is 0 Å². The molecule has 0 spiro atoms. The molecule has 1 aromatic carbocycles. The van der Waals surface area contributed by atoms with E-state index in [-0.39, 0.29) is 5.84 Å². The van der Waals surface area contributed by atoms with E-state index >= 15 is 0 Å². The van der Waals surface area contributed by atoms with E-state index in [0.29, 0.717) is 5.01 Å². The standard InChI is InChI=1S/C11H11N3O2S/c1-16-8-4-2-7(3-5-8)9-6-17-11(13-9)10(12)14-15/h2-6,15H,1H3,(H2,12,14). The van der Waals surface area contributed by atoms with Crippen LogP contribution in [-0.2, 0) is 0 Å². The Hall–Kier alpha value is -2.08. The van der Waals surface area contributed by atoms with Crippen LogP contribution in [0, 0.1) is 0 Å².